The summed E-state index contributed by atoms with van der Waals surface area (Å²) in [4.78, 5) is 0. The third-order valence-electron chi connectivity index (χ3n) is 3.61. The third kappa shape index (κ3) is 3.48. The maximum Gasteiger partial charge on any atom is 0.129 e. The molecule has 0 saturated heterocycles. The number of rotatable bonds is 5. The zero-order chi connectivity index (χ0) is 15.5. The van der Waals surface area contributed by atoms with Gasteiger partial charge in [0.25, 0.3) is 0 Å². The molecule has 5 heteroatoms. The van der Waals surface area contributed by atoms with Crippen LogP contribution in [0.2, 0.25) is 0 Å². The van der Waals surface area contributed by atoms with Crippen LogP contribution in [-0.4, -0.2) is 23.4 Å². The first-order chi connectivity index (χ1) is 10.0. The van der Waals surface area contributed by atoms with Gasteiger partial charge in [0.1, 0.15) is 11.6 Å². The van der Waals surface area contributed by atoms with Crippen molar-refractivity contribution in [2.24, 2.45) is 0 Å². The summed E-state index contributed by atoms with van der Waals surface area (Å²) in [6.45, 7) is -0.691. The summed E-state index contributed by atoms with van der Waals surface area (Å²) in [6, 6.07) is 10.4. The monoisotopic (exact) mass is 356 g/mol. The largest absolute Gasteiger partial charge is 0.395 e. The van der Waals surface area contributed by atoms with E-state index in [4.69, 9.17) is 0 Å². The molecule has 112 valence electrons. The average Bonchev–Trinajstić information content (AvgIpc) is 2.48. The van der Waals surface area contributed by atoms with Gasteiger partial charge in [0.05, 0.1) is 13.2 Å². The molecule has 2 aromatic carbocycles. The molecule has 0 heterocycles. The van der Waals surface area contributed by atoms with E-state index in [0.717, 1.165) is 10.5 Å². The van der Waals surface area contributed by atoms with E-state index in [9.17, 15) is 19.0 Å². The molecule has 0 radical (unpaired) electrons. The zero-order valence-electron chi connectivity index (χ0n) is 11.2. The highest BCUT2D eigenvalue weighted by Crippen LogP contribution is 2.30. The summed E-state index contributed by atoms with van der Waals surface area (Å²) >= 11 is 3.32. The van der Waals surface area contributed by atoms with Gasteiger partial charge < -0.3 is 10.2 Å². The lowest BCUT2D eigenvalue weighted by atomic mass is 9.77. The first kappa shape index (κ1) is 16.1. The summed E-state index contributed by atoms with van der Waals surface area (Å²) in [5.74, 6) is -1.34. The van der Waals surface area contributed by atoms with Gasteiger partial charge in [0.15, 0.2) is 0 Å². The van der Waals surface area contributed by atoms with Gasteiger partial charge in [0, 0.05) is 16.0 Å². The quantitative estimate of drug-likeness (QED) is 0.863. The van der Waals surface area contributed by atoms with Gasteiger partial charge in [0.2, 0.25) is 0 Å². The molecule has 2 aromatic rings. The van der Waals surface area contributed by atoms with Crippen molar-refractivity contribution < 1.29 is 19.0 Å². The Kier molecular flexibility index (Phi) is 5.08. The van der Waals surface area contributed by atoms with Crippen molar-refractivity contribution in [1.82, 2.24) is 0 Å². The number of hydrogen-bond acceptors (Lipinski definition) is 2. The molecule has 0 unspecified atom stereocenters. The molecule has 2 nitrogen and oxygen atoms in total. The number of halogens is 3. The van der Waals surface area contributed by atoms with Crippen molar-refractivity contribution >= 4 is 15.9 Å². The number of aliphatic hydroxyl groups excluding tert-OH is 2. The third-order valence-corrected chi connectivity index (χ3v) is 4.13. The van der Waals surface area contributed by atoms with E-state index in [1.165, 1.54) is 12.1 Å². The molecule has 21 heavy (non-hydrogen) atoms. The summed E-state index contributed by atoms with van der Waals surface area (Å²) < 4.78 is 27.7. The van der Waals surface area contributed by atoms with Crippen LogP contribution in [0.25, 0.3) is 0 Å². The second kappa shape index (κ2) is 6.64. The molecule has 0 aliphatic heterocycles. The van der Waals surface area contributed by atoms with Gasteiger partial charge in [-0.2, -0.15) is 0 Å². The lowest BCUT2D eigenvalue weighted by Gasteiger charge is -2.31. The Morgan fingerprint density at radius 3 is 2.10 bits per heavy atom. The Balaban J connectivity index is 2.40. The Hall–Kier alpha value is -1.30. The number of aliphatic hydroxyl groups is 2. The van der Waals surface area contributed by atoms with E-state index in [0.29, 0.717) is 5.56 Å². The zero-order valence-corrected chi connectivity index (χ0v) is 12.8. The van der Waals surface area contributed by atoms with Gasteiger partial charge >= 0.3 is 0 Å². The molecule has 0 bridgehead atoms. The summed E-state index contributed by atoms with van der Waals surface area (Å²) in [6.07, 6.45) is 0.0771. The Morgan fingerprint density at radius 1 is 0.952 bits per heavy atom. The number of benzene rings is 2. The normalized spacial score (nSPS) is 11.7. The molecule has 0 aliphatic rings. The molecular weight excluding hydrogens is 342 g/mol. The van der Waals surface area contributed by atoms with Crippen LogP contribution in [0.3, 0.4) is 0 Å². The van der Waals surface area contributed by atoms with E-state index < -0.39 is 17.0 Å². The highest BCUT2D eigenvalue weighted by Gasteiger charge is 2.32. The predicted octanol–water partition coefficient (Wildman–Crippen LogP) is 3.19. The highest BCUT2D eigenvalue weighted by molar-refractivity contribution is 9.10. The molecule has 0 saturated carbocycles. The second-order valence-electron chi connectivity index (χ2n) is 5.02. The van der Waals surface area contributed by atoms with Gasteiger partial charge in [-0.1, -0.05) is 34.1 Å². The van der Waals surface area contributed by atoms with Gasteiger partial charge in [-0.15, -0.1) is 0 Å². The molecule has 2 rings (SSSR count). The van der Waals surface area contributed by atoms with Crippen molar-refractivity contribution in [3.8, 4) is 0 Å². The van der Waals surface area contributed by atoms with Crippen molar-refractivity contribution in [3.63, 3.8) is 0 Å². The topological polar surface area (TPSA) is 40.5 Å². The highest BCUT2D eigenvalue weighted by atomic mass is 79.9. The van der Waals surface area contributed by atoms with Crippen LogP contribution < -0.4 is 0 Å². The van der Waals surface area contributed by atoms with E-state index >= 15 is 0 Å². The molecule has 0 spiro atoms. The Bertz CT molecular complexity index is 610. The fourth-order valence-electron chi connectivity index (χ4n) is 2.28. The Labute approximate surface area is 130 Å². The van der Waals surface area contributed by atoms with Crippen molar-refractivity contribution in [3.05, 3.63) is 69.7 Å². The Morgan fingerprint density at radius 2 is 1.57 bits per heavy atom. The SMILES string of the molecule is OCC(CO)(Cc1ccc(F)cc1F)c1ccc(Br)cc1. The minimum Gasteiger partial charge on any atom is -0.395 e. The van der Waals surface area contributed by atoms with Crippen LogP contribution in [0.15, 0.2) is 46.9 Å². The maximum atomic E-state index is 13.8. The lowest BCUT2D eigenvalue weighted by Crippen LogP contribution is -2.37. The average molecular weight is 357 g/mol. The first-order valence-electron chi connectivity index (χ1n) is 6.42. The molecule has 0 amide bonds. The van der Waals surface area contributed by atoms with Gasteiger partial charge in [-0.25, -0.2) is 8.78 Å². The van der Waals surface area contributed by atoms with Crippen LogP contribution >= 0.6 is 15.9 Å². The fourth-order valence-corrected chi connectivity index (χ4v) is 2.54. The van der Waals surface area contributed by atoms with E-state index in [1.54, 1.807) is 24.3 Å². The van der Waals surface area contributed by atoms with E-state index in [2.05, 4.69) is 15.9 Å². The van der Waals surface area contributed by atoms with E-state index in [1.807, 2.05) is 0 Å². The van der Waals surface area contributed by atoms with Gasteiger partial charge in [-0.05, 0) is 35.7 Å². The summed E-state index contributed by atoms with van der Waals surface area (Å²) in [5.41, 5.74) is -0.0684. The fraction of sp³-hybridized carbons (Fsp3) is 0.250. The number of hydrogen-bond donors (Lipinski definition) is 2. The van der Waals surface area contributed by atoms with Crippen LogP contribution in [0, 0.1) is 11.6 Å². The van der Waals surface area contributed by atoms with Crippen molar-refractivity contribution in [2.75, 3.05) is 13.2 Å². The minimum absolute atomic E-state index is 0.0771. The summed E-state index contributed by atoms with van der Waals surface area (Å²) in [7, 11) is 0. The molecule has 0 atom stereocenters. The predicted molar refractivity (Wildman–Crippen MR) is 80.1 cm³/mol. The second-order valence-corrected chi connectivity index (χ2v) is 5.93. The summed E-state index contributed by atoms with van der Waals surface area (Å²) in [5, 5.41) is 19.5. The van der Waals surface area contributed by atoms with Crippen molar-refractivity contribution in [2.45, 2.75) is 11.8 Å². The molecule has 0 aromatic heterocycles. The first-order valence-corrected chi connectivity index (χ1v) is 7.22. The van der Waals surface area contributed by atoms with Crippen LogP contribution in [0.5, 0.6) is 0 Å². The molecule has 0 aliphatic carbocycles. The minimum atomic E-state index is -1.01. The smallest absolute Gasteiger partial charge is 0.129 e. The molecule has 2 N–H and O–H groups in total. The molecular formula is C16H15BrF2O2. The van der Waals surface area contributed by atoms with Crippen LogP contribution in [0.4, 0.5) is 8.78 Å². The molecule has 0 fully saturated rings. The lowest BCUT2D eigenvalue weighted by molar-refractivity contribution is 0.115. The maximum absolute atomic E-state index is 13.8. The van der Waals surface area contributed by atoms with Crippen molar-refractivity contribution in [1.29, 1.82) is 0 Å². The van der Waals surface area contributed by atoms with Crippen LogP contribution in [0.1, 0.15) is 11.1 Å². The van der Waals surface area contributed by atoms with Crippen LogP contribution in [-0.2, 0) is 11.8 Å². The van der Waals surface area contributed by atoms with Gasteiger partial charge in [-0.3, -0.25) is 0 Å². The van der Waals surface area contributed by atoms with E-state index in [-0.39, 0.29) is 25.2 Å². The standard InChI is InChI=1S/C16H15BrF2O2/c17-13-4-2-12(3-5-13)16(9-20,10-21)8-11-1-6-14(18)7-15(11)19/h1-7,20-21H,8-10H2.